The van der Waals surface area contributed by atoms with Gasteiger partial charge in [0.25, 0.3) is 5.56 Å². The van der Waals surface area contributed by atoms with Crippen LogP contribution in [0.1, 0.15) is 18.9 Å². The van der Waals surface area contributed by atoms with Gasteiger partial charge in [-0.05, 0) is 37.1 Å². The Morgan fingerprint density at radius 2 is 1.93 bits per heavy atom. The van der Waals surface area contributed by atoms with E-state index in [2.05, 4.69) is 21.9 Å². The number of imidazole rings is 1. The molecule has 27 heavy (non-hydrogen) atoms. The quantitative estimate of drug-likeness (QED) is 0.562. The van der Waals surface area contributed by atoms with Crippen molar-refractivity contribution in [1.82, 2.24) is 19.9 Å². The molecule has 2 N–H and O–H groups in total. The molecule has 2 aromatic heterocycles. The van der Waals surface area contributed by atoms with Gasteiger partial charge >= 0.3 is 0 Å². The highest BCUT2D eigenvalue weighted by Gasteiger charge is 2.17. The number of hydrogen-bond acceptors (Lipinski definition) is 4. The van der Waals surface area contributed by atoms with Gasteiger partial charge < -0.3 is 14.7 Å². The molecule has 0 fully saturated rings. The van der Waals surface area contributed by atoms with Crippen LogP contribution < -0.4 is 10.3 Å². The van der Waals surface area contributed by atoms with E-state index in [1.807, 2.05) is 37.3 Å². The summed E-state index contributed by atoms with van der Waals surface area (Å²) in [7, 11) is 0. The van der Waals surface area contributed by atoms with Crippen LogP contribution in [-0.2, 0) is 0 Å². The van der Waals surface area contributed by atoms with Crippen LogP contribution in [-0.4, -0.2) is 26.5 Å². The normalized spacial score (nSPS) is 11.0. The number of nitrogens with zero attached hydrogens (tertiary/aromatic N) is 2. The molecule has 0 saturated carbocycles. The minimum Gasteiger partial charge on any atom is -0.492 e. The monoisotopic (exact) mass is 360 g/mol. The molecule has 2 aromatic carbocycles. The lowest BCUT2D eigenvalue weighted by Gasteiger charge is -2.15. The van der Waals surface area contributed by atoms with E-state index in [0.717, 1.165) is 28.8 Å². The van der Waals surface area contributed by atoms with Crippen LogP contribution in [0.5, 0.6) is 5.75 Å². The Hall–Kier alpha value is -3.41. The minimum atomic E-state index is -0.160. The highest BCUT2D eigenvalue weighted by atomic mass is 16.5. The number of aryl methyl sites for hydroxylation is 1. The molecule has 0 amide bonds. The molecular weight excluding hydrogens is 340 g/mol. The van der Waals surface area contributed by atoms with Crippen LogP contribution >= 0.6 is 0 Å². The number of H-pyrrole nitrogens is 2. The van der Waals surface area contributed by atoms with Crippen LogP contribution in [0.2, 0.25) is 0 Å². The first-order chi connectivity index (χ1) is 13.2. The van der Waals surface area contributed by atoms with Gasteiger partial charge in [-0.25, -0.2) is 9.97 Å². The first-order valence-corrected chi connectivity index (χ1v) is 8.93. The summed E-state index contributed by atoms with van der Waals surface area (Å²) in [5, 5.41) is 0.583. The van der Waals surface area contributed by atoms with Gasteiger partial charge in [-0.1, -0.05) is 25.1 Å². The van der Waals surface area contributed by atoms with Crippen molar-refractivity contribution >= 4 is 10.9 Å². The average molecular weight is 360 g/mol. The molecule has 0 radical (unpaired) electrons. The maximum absolute atomic E-state index is 12.6. The first-order valence-electron chi connectivity index (χ1n) is 8.93. The topological polar surface area (TPSA) is 83.7 Å². The molecule has 0 atom stereocenters. The summed E-state index contributed by atoms with van der Waals surface area (Å²) in [5.41, 5.74) is 3.98. The molecule has 0 aliphatic heterocycles. The smallest absolute Gasteiger partial charge is 0.259 e. The van der Waals surface area contributed by atoms with Gasteiger partial charge in [0, 0.05) is 5.56 Å². The Morgan fingerprint density at radius 3 is 2.70 bits per heavy atom. The Balaban J connectivity index is 1.96. The zero-order valence-corrected chi connectivity index (χ0v) is 15.2. The molecule has 136 valence electrons. The van der Waals surface area contributed by atoms with E-state index in [9.17, 15) is 4.79 Å². The van der Waals surface area contributed by atoms with E-state index in [1.165, 1.54) is 0 Å². The number of ether oxygens (including phenoxy) is 1. The molecular formula is C21H20N4O2. The molecule has 0 unspecified atom stereocenters. The summed E-state index contributed by atoms with van der Waals surface area (Å²) in [6.45, 7) is 4.57. The third-order valence-electron chi connectivity index (χ3n) is 4.45. The molecule has 4 rings (SSSR count). The Kier molecular flexibility index (Phi) is 4.46. The number of hydrogen-bond donors (Lipinski definition) is 2. The van der Waals surface area contributed by atoms with Gasteiger partial charge in [0.15, 0.2) is 0 Å². The van der Waals surface area contributed by atoms with E-state index >= 15 is 0 Å². The summed E-state index contributed by atoms with van der Waals surface area (Å²) in [6, 6.07) is 11.4. The van der Waals surface area contributed by atoms with Gasteiger partial charge in [0.2, 0.25) is 0 Å². The van der Waals surface area contributed by atoms with Crippen molar-refractivity contribution in [2.45, 2.75) is 20.3 Å². The van der Waals surface area contributed by atoms with Crippen LogP contribution in [0.15, 0.2) is 53.7 Å². The summed E-state index contributed by atoms with van der Waals surface area (Å²) < 4.78 is 6.07. The molecule has 0 saturated heterocycles. The van der Waals surface area contributed by atoms with E-state index in [1.54, 1.807) is 18.6 Å². The lowest BCUT2D eigenvalue weighted by Crippen LogP contribution is -2.11. The second-order valence-electron chi connectivity index (χ2n) is 6.38. The number of nitrogens with one attached hydrogen (secondary N) is 2. The van der Waals surface area contributed by atoms with Crippen LogP contribution in [0.4, 0.5) is 0 Å². The molecule has 6 nitrogen and oxygen atoms in total. The van der Waals surface area contributed by atoms with Gasteiger partial charge in [-0.2, -0.15) is 0 Å². The SMILES string of the molecule is CCCOc1c(-c2cnc[nH]2)cccc1-c1nc2c(C)cccc2c(=O)[nH]1. The zero-order valence-electron chi connectivity index (χ0n) is 15.2. The number of para-hydroxylation sites is 2. The number of fused-ring (bicyclic) bond motifs is 1. The van der Waals surface area contributed by atoms with E-state index < -0.39 is 0 Å². The van der Waals surface area contributed by atoms with Gasteiger partial charge in [-0.3, -0.25) is 4.79 Å². The Labute approximate surface area is 156 Å². The van der Waals surface area contributed by atoms with Crippen LogP contribution in [0.25, 0.3) is 33.5 Å². The summed E-state index contributed by atoms with van der Waals surface area (Å²) in [5.74, 6) is 1.17. The van der Waals surface area contributed by atoms with Gasteiger partial charge in [0.05, 0.1) is 41.3 Å². The molecule has 0 aliphatic carbocycles. The molecule has 2 heterocycles. The van der Waals surface area contributed by atoms with E-state index in [-0.39, 0.29) is 5.56 Å². The van der Waals surface area contributed by atoms with Crippen molar-refractivity contribution in [3.63, 3.8) is 0 Å². The summed E-state index contributed by atoms with van der Waals surface area (Å²) in [4.78, 5) is 27.5. The van der Waals surface area contributed by atoms with Gasteiger partial charge in [0.1, 0.15) is 11.6 Å². The largest absolute Gasteiger partial charge is 0.492 e. The Bertz CT molecular complexity index is 1150. The minimum absolute atomic E-state index is 0.160. The molecule has 6 heteroatoms. The lowest BCUT2D eigenvalue weighted by molar-refractivity contribution is 0.319. The molecule has 0 aliphatic rings. The van der Waals surface area contributed by atoms with Crippen LogP contribution in [0.3, 0.4) is 0 Å². The van der Waals surface area contributed by atoms with Crippen molar-refractivity contribution in [2.75, 3.05) is 6.61 Å². The van der Waals surface area contributed by atoms with Crippen molar-refractivity contribution in [1.29, 1.82) is 0 Å². The zero-order chi connectivity index (χ0) is 18.8. The van der Waals surface area contributed by atoms with E-state index in [0.29, 0.717) is 29.1 Å². The molecule has 0 bridgehead atoms. The highest BCUT2D eigenvalue weighted by molar-refractivity contribution is 5.84. The number of aromatic amines is 2. The third-order valence-corrected chi connectivity index (χ3v) is 4.45. The third kappa shape index (κ3) is 3.10. The molecule has 0 spiro atoms. The predicted octanol–water partition coefficient (Wildman–Crippen LogP) is 4.08. The highest BCUT2D eigenvalue weighted by Crippen LogP contribution is 2.37. The van der Waals surface area contributed by atoms with Crippen LogP contribution in [0, 0.1) is 6.92 Å². The fraction of sp³-hybridized carbons (Fsp3) is 0.190. The van der Waals surface area contributed by atoms with Crippen molar-refractivity contribution in [3.8, 4) is 28.4 Å². The fourth-order valence-electron chi connectivity index (χ4n) is 3.13. The second kappa shape index (κ2) is 7.07. The maximum atomic E-state index is 12.6. The number of rotatable bonds is 5. The Morgan fingerprint density at radius 1 is 1.11 bits per heavy atom. The number of benzene rings is 2. The molecule has 4 aromatic rings. The van der Waals surface area contributed by atoms with Crippen molar-refractivity contribution in [2.24, 2.45) is 0 Å². The van der Waals surface area contributed by atoms with Crippen molar-refractivity contribution in [3.05, 3.63) is 64.8 Å². The standard InChI is InChI=1S/C21H20N4O2/c1-3-10-27-19-14(17-11-22-12-23-17)7-5-9-16(19)20-24-18-13(2)6-4-8-15(18)21(26)25-20/h4-9,11-12H,3,10H2,1-2H3,(H,22,23)(H,24,25,26). The second-order valence-corrected chi connectivity index (χ2v) is 6.38. The predicted molar refractivity (Wildman–Crippen MR) is 106 cm³/mol. The number of aromatic nitrogens is 4. The first kappa shape index (κ1) is 17.0. The lowest BCUT2D eigenvalue weighted by atomic mass is 10.0. The van der Waals surface area contributed by atoms with Crippen molar-refractivity contribution < 1.29 is 4.74 Å². The average Bonchev–Trinajstić information content (AvgIpc) is 3.21. The summed E-state index contributed by atoms with van der Waals surface area (Å²) >= 11 is 0. The van der Waals surface area contributed by atoms with E-state index in [4.69, 9.17) is 9.72 Å². The fourth-order valence-corrected chi connectivity index (χ4v) is 3.13. The maximum Gasteiger partial charge on any atom is 0.259 e. The summed E-state index contributed by atoms with van der Waals surface area (Å²) in [6.07, 6.45) is 4.25. The van der Waals surface area contributed by atoms with Gasteiger partial charge in [-0.15, -0.1) is 0 Å².